The third-order valence-electron chi connectivity index (χ3n) is 4.01. The van der Waals surface area contributed by atoms with E-state index in [1.54, 1.807) is 13.3 Å². The summed E-state index contributed by atoms with van der Waals surface area (Å²) in [5.41, 5.74) is 2.93. The first-order valence-corrected chi connectivity index (χ1v) is 8.56. The van der Waals surface area contributed by atoms with E-state index in [1.807, 2.05) is 60.8 Å². The molecule has 1 aromatic carbocycles. The third kappa shape index (κ3) is 5.04. The first kappa shape index (κ1) is 17.9. The predicted octanol–water partition coefficient (Wildman–Crippen LogP) is 3.52. The van der Waals surface area contributed by atoms with Crippen LogP contribution in [0.1, 0.15) is 12.0 Å². The van der Waals surface area contributed by atoms with Gasteiger partial charge in [0.25, 0.3) is 0 Å². The van der Waals surface area contributed by atoms with Crippen molar-refractivity contribution in [2.75, 3.05) is 13.7 Å². The van der Waals surface area contributed by atoms with Gasteiger partial charge in [-0.05, 0) is 54.8 Å². The van der Waals surface area contributed by atoms with Crippen molar-refractivity contribution in [3.63, 3.8) is 0 Å². The van der Waals surface area contributed by atoms with Gasteiger partial charge >= 0.3 is 0 Å². The highest BCUT2D eigenvalue weighted by Gasteiger charge is 2.07. The molecule has 5 heteroatoms. The number of ether oxygens (including phenoxy) is 2. The lowest BCUT2D eigenvalue weighted by atomic mass is 10.1. The van der Waals surface area contributed by atoms with Crippen LogP contribution in [0, 0.1) is 0 Å². The standard InChI is InChI=1S/C21H22N2O3/c1-25-21-6-2-5-20(23-21)17-8-11-19(12-9-17)26-15-18(24)10-7-16-4-3-13-22-14-16/h2-6,8-9,11-14,18,24H,7,10,15H2,1H3. The molecular weight excluding hydrogens is 328 g/mol. The Kier molecular flexibility index (Phi) is 6.17. The Bertz CT molecular complexity index is 807. The number of aryl methyl sites for hydroxylation is 1. The van der Waals surface area contributed by atoms with Crippen molar-refractivity contribution in [3.05, 3.63) is 72.6 Å². The Balaban J connectivity index is 1.51. The van der Waals surface area contributed by atoms with Crippen molar-refractivity contribution >= 4 is 0 Å². The minimum Gasteiger partial charge on any atom is -0.491 e. The Morgan fingerprint density at radius 2 is 1.88 bits per heavy atom. The van der Waals surface area contributed by atoms with E-state index in [1.165, 1.54) is 0 Å². The second-order valence-electron chi connectivity index (χ2n) is 5.95. The van der Waals surface area contributed by atoms with Gasteiger partial charge < -0.3 is 14.6 Å². The maximum absolute atomic E-state index is 10.1. The molecule has 0 fully saturated rings. The molecule has 0 bridgehead atoms. The number of methoxy groups -OCH3 is 1. The number of aliphatic hydroxyl groups is 1. The van der Waals surface area contributed by atoms with E-state index in [2.05, 4.69) is 9.97 Å². The zero-order chi connectivity index (χ0) is 18.2. The molecule has 0 amide bonds. The van der Waals surface area contributed by atoms with Gasteiger partial charge in [-0.1, -0.05) is 12.1 Å². The number of aromatic nitrogens is 2. The Hall–Kier alpha value is -2.92. The topological polar surface area (TPSA) is 64.5 Å². The highest BCUT2D eigenvalue weighted by Crippen LogP contribution is 2.22. The molecule has 5 nitrogen and oxygen atoms in total. The maximum atomic E-state index is 10.1. The fourth-order valence-corrected chi connectivity index (χ4v) is 2.57. The van der Waals surface area contributed by atoms with Gasteiger partial charge in [0.1, 0.15) is 12.4 Å². The summed E-state index contributed by atoms with van der Waals surface area (Å²) in [5, 5.41) is 10.1. The lowest BCUT2D eigenvalue weighted by Crippen LogP contribution is -2.18. The normalized spacial score (nSPS) is 11.8. The number of hydrogen-bond donors (Lipinski definition) is 1. The van der Waals surface area contributed by atoms with Crippen LogP contribution in [0.4, 0.5) is 0 Å². The fraction of sp³-hybridized carbons (Fsp3) is 0.238. The molecule has 26 heavy (non-hydrogen) atoms. The summed E-state index contributed by atoms with van der Waals surface area (Å²) in [5.74, 6) is 1.30. The molecule has 2 heterocycles. The first-order valence-electron chi connectivity index (χ1n) is 8.56. The molecule has 1 unspecified atom stereocenters. The van der Waals surface area contributed by atoms with E-state index >= 15 is 0 Å². The molecule has 1 atom stereocenters. The van der Waals surface area contributed by atoms with E-state index in [4.69, 9.17) is 9.47 Å². The van der Waals surface area contributed by atoms with Crippen molar-refractivity contribution in [3.8, 4) is 22.9 Å². The number of hydrogen-bond acceptors (Lipinski definition) is 5. The summed E-state index contributed by atoms with van der Waals surface area (Å²) in [6.07, 6.45) is 4.46. The van der Waals surface area contributed by atoms with Crippen LogP contribution in [0.15, 0.2) is 67.0 Å². The number of aliphatic hydroxyl groups excluding tert-OH is 1. The Morgan fingerprint density at radius 1 is 1.04 bits per heavy atom. The summed E-state index contributed by atoms with van der Waals surface area (Å²) in [6.45, 7) is 0.261. The lowest BCUT2D eigenvalue weighted by Gasteiger charge is -2.12. The maximum Gasteiger partial charge on any atom is 0.213 e. The SMILES string of the molecule is COc1cccc(-c2ccc(OCC(O)CCc3cccnc3)cc2)n1. The van der Waals surface area contributed by atoms with Crippen LogP contribution in [-0.2, 0) is 6.42 Å². The molecule has 3 rings (SSSR count). The monoisotopic (exact) mass is 350 g/mol. The van der Waals surface area contributed by atoms with Gasteiger partial charge in [0, 0.05) is 24.0 Å². The molecule has 2 aromatic heterocycles. The van der Waals surface area contributed by atoms with Crippen LogP contribution in [0.25, 0.3) is 11.3 Å². The quantitative estimate of drug-likeness (QED) is 0.673. The Morgan fingerprint density at radius 3 is 2.62 bits per heavy atom. The lowest BCUT2D eigenvalue weighted by molar-refractivity contribution is 0.100. The summed E-state index contributed by atoms with van der Waals surface area (Å²) < 4.78 is 10.8. The summed E-state index contributed by atoms with van der Waals surface area (Å²) in [4.78, 5) is 8.48. The van der Waals surface area contributed by atoms with E-state index in [9.17, 15) is 5.11 Å². The molecule has 134 valence electrons. The molecule has 0 saturated carbocycles. The number of pyridine rings is 2. The van der Waals surface area contributed by atoms with Crippen molar-refractivity contribution < 1.29 is 14.6 Å². The highest BCUT2D eigenvalue weighted by molar-refractivity contribution is 5.60. The zero-order valence-electron chi connectivity index (χ0n) is 14.7. The van der Waals surface area contributed by atoms with Crippen LogP contribution < -0.4 is 9.47 Å². The van der Waals surface area contributed by atoms with Crippen molar-refractivity contribution in [1.29, 1.82) is 0 Å². The van der Waals surface area contributed by atoms with Crippen LogP contribution in [-0.4, -0.2) is 34.9 Å². The summed E-state index contributed by atoms with van der Waals surface area (Å²) in [6, 6.07) is 17.2. The molecular formula is C21H22N2O3. The van der Waals surface area contributed by atoms with Gasteiger partial charge in [-0.3, -0.25) is 4.98 Å². The molecule has 0 aliphatic heterocycles. The van der Waals surface area contributed by atoms with Crippen LogP contribution in [0.3, 0.4) is 0 Å². The van der Waals surface area contributed by atoms with Crippen molar-refractivity contribution in [2.45, 2.75) is 18.9 Å². The van der Waals surface area contributed by atoms with Gasteiger partial charge in [-0.2, -0.15) is 0 Å². The van der Waals surface area contributed by atoms with E-state index in [0.717, 1.165) is 29.0 Å². The molecule has 0 saturated heterocycles. The zero-order valence-corrected chi connectivity index (χ0v) is 14.7. The Labute approximate surface area is 153 Å². The third-order valence-corrected chi connectivity index (χ3v) is 4.01. The second kappa shape index (κ2) is 8.97. The van der Waals surface area contributed by atoms with Crippen LogP contribution in [0.2, 0.25) is 0 Å². The average Bonchev–Trinajstić information content (AvgIpc) is 2.72. The largest absolute Gasteiger partial charge is 0.491 e. The van der Waals surface area contributed by atoms with Crippen LogP contribution in [0.5, 0.6) is 11.6 Å². The van der Waals surface area contributed by atoms with Gasteiger partial charge in [0.2, 0.25) is 5.88 Å². The predicted molar refractivity (Wildman–Crippen MR) is 100 cm³/mol. The smallest absolute Gasteiger partial charge is 0.213 e. The van der Waals surface area contributed by atoms with Crippen molar-refractivity contribution in [1.82, 2.24) is 9.97 Å². The average molecular weight is 350 g/mol. The van der Waals surface area contributed by atoms with Gasteiger partial charge in [0.05, 0.1) is 18.9 Å². The minimum atomic E-state index is -0.519. The minimum absolute atomic E-state index is 0.261. The molecule has 0 aliphatic carbocycles. The summed E-state index contributed by atoms with van der Waals surface area (Å²) in [7, 11) is 1.60. The van der Waals surface area contributed by atoms with Crippen LogP contribution >= 0.6 is 0 Å². The molecule has 0 spiro atoms. The molecule has 3 aromatic rings. The number of benzene rings is 1. The van der Waals surface area contributed by atoms with Crippen molar-refractivity contribution in [2.24, 2.45) is 0 Å². The second-order valence-corrected chi connectivity index (χ2v) is 5.95. The number of nitrogens with zero attached hydrogens (tertiary/aromatic N) is 2. The fourth-order valence-electron chi connectivity index (χ4n) is 2.57. The van der Waals surface area contributed by atoms with E-state index in [0.29, 0.717) is 12.3 Å². The molecule has 0 radical (unpaired) electrons. The first-order chi connectivity index (χ1) is 12.7. The number of rotatable bonds is 8. The van der Waals surface area contributed by atoms with E-state index in [-0.39, 0.29) is 6.61 Å². The van der Waals surface area contributed by atoms with Gasteiger partial charge in [0.15, 0.2) is 0 Å². The van der Waals surface area contributed by atoms with Gasteiger partial charge in [-0.15, -0.1) is 0 Å². The molecule has 0 aliphatic rings. The highest BCUT2D eigenvalue weighted by atomic mass is 16.5. The van der Waals surface area contributed by atoms with E-state index < -0.39 is 6.10 Å². The summed E-state index contributed by atoms with van der Waals surface area (Å²) >= 11 is 0. The molecule has 1 N–H and O–H groups in total. The van der Waals surface area contributed by atoms with Gasteiger partial charge in [-0.25, -0.2) is 4.98 Å².